The first-order valence-corrected chi connectivity index (χ1v) is 6.97. The Kier molecular flexibility index (Phi) is 4.11. The molecule has 3 rings (SSSR count). The molecule has 4 nitrogen and oxygen atoms in total. The van der Waals surface area contributed by atoms with Gasteiger partial charge in [-0.2, -0.15) is 0 Å². The minimum absolute atomic E-state index is 0.249. The van der Waals surface area contributed by atoms with Crippen LogP contribution in [-0.2, 0) is 0 Å². The number of rotatable bonds is 2. The van der Waals surface area contributed by atoms with E-state index in [1.165, 1.54) is 4.57 Å². The number of aromatic nitrogens is 1. The molecule has 0 atom stereocenters. The summed E-state index contributed by atoms with van der Waals surface area (Å²) < 4.78 is 1.49. The van der Waals surface area contributed by atoms with Crippen molar-refractivity contribution in [3.8, 4) is 0 Å². The molecular weight excluding hydrogens is 274 g/mol. The highest BCUT2D eigenvalue weighted by Crippen LogP contribution is 2.08. The summed E-state index contributed by atoms with van der Waals surface area (Å²) >= 11 is 0. The predicted octanol–water partition coefficient (Wildman–Crippen LogP) is 3.80. The molecule has 0 aliphatic rings. The van der Waals surface area contributed by atoms with Gasteiger partial charge in [-0.3, -0.25) is 4.57 Å². The Hall–Kier alpha value is -3.14. The zero-order chi connectivity index (χ0) is 15.2. The van der Waals surface area contributed by atoms with Gasteiger partial charge < -0.3 is 5.32 Å². The number of carbonyl (C=O) groups excluding carboxylic acids is 1. The molecule has 108 valence electrons. The number of pyridine rings is 1. The lowest BCUT2D eigenvalue weighted by Crippen LogP contribution is -2.30. The fourth-order valence-electron chi connectivity index (χ4n) is 2.04. The van der Waals surface area contributed by atoms with Crippen molar-refractivity contribution in [1.29, 1.82) is 0 Å². The van der Waals surface area contributed by atoms with Crippen LogP contribution in [0.3, 0.4) is 0 Å². The second-order valence-corrected chi connectivity index (χ2v) is 4.67. The lowest BCUT2D eigenvalue weighted by Gasteiger charge is -2.08. The van der Waals surface area contributed by atoms with E-state index in [9.17, 15) is 4.79 Å². The summed E-state index contributed by atoms with van der Waals surface area (Å²) in [6.07, 6.45) is 1.69. The average molecular weight is 289 g/mol. The van der Waals surface area contributed by atoms with E-state index < -0.39 is 0 Å². The molecule has 3 aromatic rings. The maximum absolute atomic E-state index is 12.4. The molecule has 1 heterocycles. The van der Waals surface area contributed by atoms with Gasteiger partial charge in [0, 0.05) is 11.9 Å². The highest BCUT2D eigenvalue weighted by atomic mass is 16.2. The minimum atomic E-state index is -0.249. The van der Waals surface area contributed by atoms with E-state index >= 15 is 0 Å². The normalized spacial score (nSPS) is 11.2. The van der Waals surface area contributed by atoms with Crippen LogP contribution in [0.2, 0.25) is 0 Å². The molecule has 1 amide bonds. The minimum Gasteiger partial charge on any atom is -0.307 e. The van der Waals surface area contributed by atoms with Gasteiger partial charge in [0.15, 0.2) is 0 Å². The van der Waals surface area contributed by atoms with E-state index in [2.05, 4.69) is 10.3 Å². The number of benzene rings is 2. The number of nitrogens with zero attached hydrogens (tertiary/aromatic N) is 2. The first-order chi connectivity index (χ1) is 10.8. The van der Waals surface area contributed by atoms with E-state index in [-0.39, 0.29) is 6.03 Å². The van der Waals surface area contributed by atoms with Crippen molar-refractivity contribution in [3.63, 3.8) is 0 Å². The molecule has 0 unspecified atom stereocenters. The topological polar surface area (TPSA) is 46.4 Å². The van der Waals surface area contributed by atoms with Gasteiger partial charge in [0.25, 0.3) is 0 Å². The number of anilines is 1. The monoisotopic (exact) mass is 289 g/mol. The molecule has 0 saturated carbocycles. The predicted molar refractivity (Wildman–Crippen MR) is 87.0 cm³/mol. The van der Waals surface area contributed by atoms with Gasteiger partial charge in [-0.15, -0.1) is 0 Å². The average Bonchev–Trinajstić information content (AvgIpc) is 2.57. The quantitative estimate of drug-likeness (QED) is 0.766. The van der Waals surface area contributed by atoms with Crippen molar-refractivity contribution in [2.45, 2.75) is 0 Å². The molecule has 22 heavy (non-hydrogen) atoms. The van der Waals surface area contributed by atoms with E-state index in [0.29, 0.717) is 5.49 Å². The van der Waals surface area contributed by atoms with Crippen LogP contribution in [0.5, 0.6) is 0 Å². The van der Waals surface area contributed by atoms with Gasteiger partial charge in [-0.05, 0) is 36.4 Å². The molecule has 0 spiro atoms. The zero-order valence-corrected chi connectivity index (χ0v) is 11.9. The van der Waals surface area contributed by atoms with Crippen LogP contribution in [0.4, 0.5) is 16.2 Å². The lowest BCUT2D eigenvalue weighted by atomic mass is 10.3. The van der Waals surface area contributed by atoms with Gasteiger partial charge in [-0.1, -0.05) is 42.5 Å². The van der Waals surface area contributed by atoms with E-state index in [4.69, 9.17) is 0 Å². The van der Waals surface area contributed by atoms with Gasteiger partial charge in [0.2, 0.25) is 0 Å². The summed E-state index contributed by atoms with van der Waals surface area (Å²) in [5.74, 6) is 0. The first-order valence-electron chi connectivity index (χ1n) is 6.97. The number of para-hydroxylation sites is 2. The smallest absolute Gasteiger partial charge is 0.307 e. The molecule has 0 radical (unpaired) electrons. The highest BCUT2D eigenvalue weighted by Gasteiger charge is 2.05. The van der Waals surface area contributed by atoms with Crippen LogP contribution >= 0.6 is 0 Å². The summed E-state index contributed by atoms with van der Waals surface area (Å²) in [4.78, 5) is 16.9. The van der Waals surface area contributed by atoms with Crippen LogP contribution in [0.25, 0.3) is 0 Å². The van der Waals surface area contributed by atoms with Gasteiger partial charge in [0.05, 0.1) is 5.69 Å². The van der Waals surface area contributed by atoms with Gasteiger partial charge in [0.1, 0.15) is 5.49 Å². The molecule has 2 aromatic carbocycles. The summed E-state index contributed by atoms with van der Waals surface area (Å²) in [5, 5.41) is 2.85. The summed E-state index contributed by atoms with van der Waals surface area (Å²) in [5.41, 5.74) is 2.12. The molecule has 0 fully saturated rings. The van der Waals surface area contributed by atoms with Crippen molar-refractivity contribution in [2.24, 2.45) is 4.99 Å². The number of hydrogen-bond acceptors (Lipinski definition) is 2. The van der Waals surface area contributed by atoms with Crippen molar-refractivity contribution in [2.75, 3.05) is 5.32 Å². The maximum atomic E-state index is 12.4. The number of amides is 1. The van der Waals surface area contributed by atoms with Gasteiger partial charge in [-0.25, -0.2) is 9.79 Å². The molecule has 0 aliphatic carbocycles. The molecule has 0 saturated heterocycles. The fourth-order valence-corrected chi connectivity index (χ4v) is 2.04. The number of nitrogens with one attached hydrogen (secondary N) is 1. The molecule has 0 aliphatic heterocycles. The van der Waals surface area contributed by atoms with Crippen LogP contribution in [-0.4, -0.2) is 10.6 Å². The van der Waals surface area contributed by atoms with Crippen molar-refractivity contribution >= 4 is 17.4 Å². The Morgan fingerprint density at radius 3 is 2.18 bits per heavy atom. The molecule has 1 N–H and O–H groups in total. The highest BCUT2D eigenvalue weighted by molar-refractivity contribution is 5.90. The van der Waals surface area contributed by atoms with E-state index in [0.717, 1.165) is 11.4 Å². The van der Waals surface area contributed by atoms with Crippen molar-refractivity contribution < 1.29 is 4.79 Å². The van der Waals surface area contributed by atoms with Crippen LogP contribution in [0, 0.1) is 0 Å². The Morgan fingerprint density at radius 1 is 0.818 bits per heavy atom. The van der Waals surface area contributed by atoms with E-state index in [1.807, 2.05) is 66.7 Å². The lowest BCUT2D eigenvalue weighted by molar-refractivity contribution is 0.252. The molecule has 0 bridgehead atoms. The molecule has 4 heteroatoms. The van der Waals surface area contributed by atoms with Crippen LogP contribution < -0.4 is 10.8 Å². The Balaban J connectivity index is 1.95. The fraction of sp³-hybridized carbons (Fsp3) is 0. The standard InChI is InChI=1S/C18H15N3O/c22-18(20-16-11-5-2-6-12-16)21-14-8-7-13-17(21)19-15-9-3-1-4-10-15/h1-14H,(H,20,22). The maximum Gasteiger partial charge on any atom is 0.331 e. The number of hydrogen-bond donors (Lipinski definition) is 1. The molecular formula is C18H15N3O. The summed E-state index contributed by atoms with van der Waals surface area (Å²) in [7, 11) is 0. The summed E-state index contributed by atoms with van der Waals surface area (Å²) in [6.45, 7) is 0. The van der Waals surface area contributed by atoms with Crippen molar-refractivity contribution in [3.05, 3.63) is 90.5 Å². The molecule has 1 aromatic heterocycles. The Bertz CT molecular complexity index is 823. The number of carbonyl (C=O) groups is 1. The third-order valence-corrected chi connectivity index (χ3v) is 3.08. The Labute approximate surface area is 128 Å². The summed E-state index contributed by atoms with van der Waals surface area (Å²) in [6, 6.07) is 24.1. The van der Waals surface area contributed by atoms with E-state index in [1.54, 1.807) is 18.3 Å². The second-order valence-electron chi connectivity index (χ2n) is 4.67. The first kappa shape index (κ1) is 13.8. The SMILES string of the molecule is O=C(Nc1ccccc1)n1ccccc1=Nc1ccccc1. The van der Waals surface area contributed by atoms with Crippen molar-refractivity contribution in [1.82, 2.24) is 4.57 Å². The van der Waals surface area contributed by atoms with Crippen LogP contribution in [0.15, 0.2) is 90.1 Å². The third kappa shape index (κ3) is 3.30. The van der Waals surface area contributed by atoms with Gasteiger partial charge >= 0.3 is 6.03 Å². The zero-order valence-electron chi connectivity index (χ0n) is 11.9. The largest absolute Gasteiger partial charge is 0.331 e. The Morgan fingerprint density at radius 2 is 1.45 bits per heavy atom. The third-order valence-electron chi connectivity index (χ3n) is 3.08. The second kappa shape index (κ2) is 6.54. The van der Waals surface area contributed by atoms with Crippen LogP contribution in [0.1, 0.15) is 0 Å².